The summed E-state index contributed by atoms with van der Waals surface area (Å²) >= 11 is 0. The molecule has 1 fully saturated rings. The predicted molar refractivity (Wildman–Crippen MR) is 76.4 cm³/mol. The molecular weight excluding hydrogens is 272 g/mol. The van der Waals surface area contributed by atoms with Crippen molar-refractivity contribution in [2.75, 3.05) is 20.2 Å². The van der Waals surface area contributed by atoms with Crippen LogP contribution in [0.1, 0.15) is 18.4 Å². The third-order valence-electron chi connectivity index (χ3n) is 3.58. The second kappa shape index (κ2) is 6.58. The summed E-state index contributed by atoms with van der Waals surface area (Å²) in [5.74, 6) is -0.497. The number of benzene rings is 1. The first-order chi connectivity index (χ1) is 10.0. The van der Waals surface area contributed by atoms with Gasteiger partial charge in [-0.15, -0.1) is 0 Å². The molecule has 1 atom stereocenters. The minimum atomic E-state index is -1.14. The van der Waals surface area contributed by atoms with E-state index in [1.165, 1.54) is 12.0 Å². The van der Waals surface area contributed by atoms with Gasteiger partial charge in [-0.2, -0.15) is 0 Å². The molecule has 6 nitrogen and oxygen atoms in total. The Labute approximate surface area is 123 Å². The zero-order valence-electron chi connectivity index (χ0n) is 12.1. The van der Waals surface area contributed by atoms with Crippen molar-refractivity contribution in [2.45, 2.75) is 25.0 Å². The van der Waals surface area contributed by atoms with Gasteiger partial charge in [-0.3, -0.25) is 0 Å². The van der Waals surface area contributed by atoms with E-state index in [-0.39, 0.29) is 13.2 Å². The summed E-state index contributed by atoms with van der Waals surface area (Å²) in [5.41, 5.74) is 5.80. The van der Waals surface area contributed by atoms with E-state index < -0.39 is 17.6 Å². The first-order valence-corrected chi connectivity index (χ1v) is 6.88. The molecule has 0 aliphatic carbocycles. The third kappa shape index (κ3) is 3.72. The lowest BCUT2D eigenvalue weighted by atomic mass is 9.90. The highest BCUT2D eigenvalue weighted by molar-refractivity contribution is 5.82. The van der Waals surface area contributed by atoms with E-state index in [4.69, 9.17) is 15.2 Å². The number of likely N-dealkylation sites (tertiary alicyclic amines) is 1. The van der Waals surface area contributed by atoms with Gasteiger partial charge in [0, 0.05) is 6.54 Å². The van der Waals surface area contributed by atoms with Crippen LogP contribution >= 0.6 is 0 Å². The molecule has 114 valence electrons. The van der Waals surface area contributed by atoms with E-state index >= 15 is 0 Å². The van der Waals surface area contributed by atoms with Crippen molar-refractivity contribution in [1.29, 1.82) is 0 Å². The van der Waals surface area contributed by atoms with Crippen molar-refractivity contribution in [3.63, 3.8) is 0 Å². The first kappa shape index (κ1) is 15.3. The van der Waals surface area contributed by atoms with Gasteiger partial charge in [0.05, 0.1) is 13.7 Å². The monoisotopic (exact) mass is 292 g/mol. The quantitative estimate of drug-likeness (QED) is 0.849. The van der Waals surface area contributed by atoms with Crippen LogP contribution in [0.5, 0.6) is 0 Å². The van der Waals surface area contributed by atoms with Crippen LogP contribution in [-0.4, -0.2) is 42.7 Å². The zero-order valence-corrected chi connectivity index (χ0v) is 12.1. The SMILES string of the molecule is COC(=O)C1(N)CCCN(C(=O)OCc2ccccc2)C1. The summed E-state index contributed by atoms with van der Waals surface area (Å²) in [4.78, 5) is 25.2. The topological polar surface area (TPSA) is 81.9 Å². The molecule has 1 aliphatic heterocycles. The second-order valence-electron chi connectivity index (χ2n) is 5.21. The molecule has 0 aromatic heterocycles. The summed E-state index contributed by atoms with van der Waals surface area (Å²) < 4.78 is 9.96. The van der Waals surface area contributed by atoms with E-state index in [1.807, 2.05) is 30.3 Å². The number of carbonyl (C=O) groups excluding carboxylic acids is 2. The number of esters is 1. The first-order valence-electron chi connectivity index (χ1n) is 6.88. The van der Waals surface area contributed by atoms with E-state index in [2.05, 4.69) is 0 Å². The number of hydrogen-bond acceptors (Lipinski definition) is 5. The third-order valence-corrected chi connectivity index (χ3v) is 3.58. The molecular formula is C15H20N2O4. The maximum absolute atomic E-state index is 12.1. The van der Waals surface area contributed by atoms with Gasteiger partial charge >= 0.3 is 12.1 Å². The maximum atomic E-state index is 12.1. The lowest BCUT2D eigenvalue weighted by Gasteiger charge is -2.37. The molecule has 1 unspecified atom stereocenters. The highest BCUT2D eigenvalue weighted by Gasteiger charge is 2.41. The van der Waals surface area contributed by atoms with Crippen molar-refractivity contribution in [3.05, 3.63) is 35.9 Å². The Morgan fingerprint density at radius 1 is 1.33 bits per heavy atom. The van der Waals surface area contributed by atoms with Crippen LogP contribution in [-0.2, 0) is 20.9 Å². The normalized spacial score (nSPS) is 21.7. The van der Waals surface area contributed by atoms with Gasteiger partial charge in [0.2, 0.25) is 0 Å². The number of hydrogen-bond donors (Lipinski definition) is 1. The van der Waals surface area contributed by atoms with Crippen molar-refractivity contribution >= 4 is 12.1 Å². The summed E-state index contributed by atoms with van der Waals surface area (Å²) in [6.07, 6.45) is 0.686. The van der Waals surface area contributed by atoms with Crippen molar-refractivity contribution in [1.82, 2.24) is 4.90 Å². The van der Waals surface area contributed by atoms with Crippen LogP contribution in [0.2, 0.25) is 0 Å². The van der Waals surface area contributed by atoms with Crippen LogP contribution in [0, 0.1) is 0 Å². The average Bonchev–Trinajstić information content (AvgIpc) is 2.52. The molecule has 6 heteroatoms. The molecule has 2 N–H and O–H groups in total. The van der Waals surface area contributed by atoms with Gasteiger partial charge in [-0.1, -0.05) is 30.3 Å². The predicted octanol–water partition coefficient (Wildman–Crippen LogP) is 1.29. The van der Waals surface area contributed by atoms with E-state index in [0.29, 0.717) is 19.4 Å². The van der Waals surface area contributed by atoms with Crippen LogP contribution in [0.3, 0.4) is 0 Å². The molecule has 0 spiro atoms. The number of carbonyl (C=O) groups is 2. The van der Waals surface area contributed by atoms with Gasteiger partial charge in [0.1, 0.15) is 12.1 Å². The molecule has 1 aromatic rings. The smallest absolute Gasteiger partial charge is 0.410 e. The molecule has 21 heavy (non-hydrogen) atoms. The van der Waals surface area contributed by atoms with Crippen LogP contribution in [0.15, 0.2) is 30.3 Å². The van der Waals surface area contributed by atoms with Crippen molar-refractivity contribution < 1.29 is 19.1 Å². The lowest BCUT2D eigenvalue weighted by molar-refractivity contribution is -0.149. The van der Waals surface area contributed by atoms with Gasteiger partial charge in [0.15, 0.2) is 0 Å². The average molecular weight is 292 g/mol. The second-order valence-corrected chi connectivity index (χ2v) is 5.21. The van der Waals surface area contributed by atoms with Crippen LogP contribution in [0.25, 0.3) is 0 Å². The molecule has 2 rings (SSSR count). The lowest BCUT2D eigenvalue weighted by Crippen LogP contribution is -2.60. The molecule has 1 heterocycles. The zero-order chi connectivity index (χ0) is 15.3. The Bertz CT molecular complexity index is 506. The molecule has 0 bridgehead atoms. The van der Waals surface area contributed by atoms with Crippen molar-refractivity contribution in [3.8, 4) is 0 Å². The Balaban J connectivity index is 1.92. The van der Waals surface area contributed by atoms with Gasteiger partial charge < -0.3 is 20.1 Å². The van der Waals surface area contributed by atoms with Crippen molar-refractivity contribution in [2.24, 2.45) is 5.73 Å². The number of methoxy groups -OCH3 is 1. The van der Waals surface area contributed by atoms with Gasteiger partial charge in [-0.25, -0.2) is 9.59 Å². The Kier molecular flexibility index (Phi) is 4.80. The summed E-state index contributed by atoms with van der Waals surface area (Å²) in [6, 6.07) is 9.42. The maximum Gasteiger partial charge on any atom is 0.410 e. The fourth-order valence-corrected chi connectivity index (χ4v) is 2.42. The fourth-order valence-electron chi connectivity index (χ4n) is 2.42. The van der Waals surface area contributed by atoms with Crippen LogP contribution < -0.4 is 5.73 Å². The minimum Gasteiger partial charge on any atom is -0.468 e. The molecule has 0 radical (unpaired) electrons. The number of piperidine rings is 1. The van der Waals surface area contributed by atoms with Crippen LogP contribution in [0.4, 0.5) is 4.79 Å². The minimum absolute atomic E-state index is 0.118. The standard InChI is InChI=1S/C15H20N2O4/c1-20-13(18)15(16)8-5-9-17(11-15)14(19)21-10-12-6-3-2-4-7-12/h2-4,6-7H,5,8-11,16H2,1H3. The number of amides is 1. The van der Waals surface area contributed by atoms with Gasteiger partial charge in [-0.05, 0) is 18.4 Å². The number of ether oxygens (including phenoxy) is 2. The number of nitrogens with zero attached hydrogens (tertiary/aromatic N) is 1. The Hall–Kier alpha value is -2.08. The molecule has 0 saturated carbocycles. The molecule has 1 aromatic carbocycles. The summed E-state index contributed by atoms with van der Waals surface area (Å²) in [5, 5.41) is 0. The Morgan fingerprint density at radius 3 is 2.71 bits per heavy atom. The highest BCUT2D eigenvalue weighted by Crippen LogP contribution is 2.21. The number of rotatable bonds is 3. The molecule has 1 saturated heterocycles. The number of nitrogens with two attached hydrogens (primary N) is 1. The summed E-state index contributed by atoms with van der Waals surface area (Å²) in [7, 11) is 1.30. The molecule has 1 amide bonds. The van der Waals surface area contributed by atoms with Gasteiger partial charge in [0.25, 0.3) is 0 Å². The fraction of sp³-hybridized carbons (Fsp3) is 0.467. The van der Waals surface area contributed by atoms with E-state index in [1.54, 1.807) is 0 Å². The largest absolute Gasteiger partial charge is 0.468 e. The van der Waals surface area contributed by atoms with E-state index in [9.17, 15) is 9.59 Å². The Morgan fingerprint density at radius 2 is 2.05 bits per heavy atom. The molecule has 1 aliphatic rings. The highest BCUT2D eigenvalue weighted by atomic mass is 16.6. The van der Waals surface area contributed by atoms with E-state index in [0.717, 1.165) is 5.56 Å². The summed E-state index contributed by atoms with van der Waals surface area (Å²) in [6.45, 7) is 0.850.